The smallest absolute Gasteiger partial charge is 0.263 e. The second-order valence-corrected chi connectivity index (χ2v) is 7.66. The average Bonchev–Trinajstić information content (AvgIpc) is 2.80. The van der Waals surface area contributed by atoms with Gasteiger partial charge < -0.3 is 19.7 Å². The Morgan fingerprint density at radius 2 is 1.84 bits per heavy atom. The molecule has 2 aliphatic heterocycles. The summed E-state index contributed by atoms with van der Waals surface area (Å²) in [6, 6.07) is 13.4. The van der Waals surface area contributed by atoms with E-state index in [1.54, 1.807) is 35.2 Å². The fourth-order valence-electron chi connectivity index (χ4n) is 4.01. The van der Waals surface area contributed by atoms with Crippen LogP contribution in [0.2, 0.25) is 0 Å². The van der Waals surface area contributed by atoms with Crippen molar-refractivity contribution in [1.82, 2.24) is 10.2 Å². The summed E-state index contributed by atoms with van der Waals surface area (Å²) in [5, 5.41) is 2.98. The van der Waals surface area contributed by atoms with E-state index in [9.17, 15) is 14.0 Å². The SMILES string of the molecule is CC(=O)N1C[C@@H](C(=O)NC[C@H](c2ccc(F)cc2)N2CCOCC2)Oc2ccccc21. The van der Waals surface area contributed by atoms with Crippen molar-refractivity contribution < 1.29 is 23.5 Å². The zero-order valence-electron chi connectivity index (χ0n) is 17.4. The molecule has 2 aromatic rings. The predicted molar refractivity (Wildman–Crippen MR) is 113 cm³/mol. The van der Waals surface area contributed by atoms with E-state index < -0.39 is 6.10 Å². The minimum atomic E-state index is -0.808. The summed E-state index contributed by atoms with van der Waals surface area (Å²) in [4.78, 5) is 28.9. The van der Waals surface area contributed by atoms with Gasteiger partial charge in [-0.25, -0.2) is 4.39 Å². The molecule has 1 fully saturated rings. The molecule has 0 aromatic heterocycles. The van der Waals surface area contributed by atoms with Crippen LogP contribution in [0.25, 0.3) is 0 Å². The number of amides is 2. The third-order valence-corrected chi connectivity index (χ3v) is 5.66. The monoisotopic (exact) mass is 427 g/mol. The number of nitrogens with zero attached hydrogens (tertiary/aromatic N) is 2. The number of carbonyl (C=O) groups is 2. The maximum absolute atomic E-state index is 13.4. The Bertz CT molecular complexity index is 931. The van der Waals surface area contributed by atoms with Gasteiger partial charge in [0.1, 0.15) is 11.6 Å². The quantitative estimate of drug-likeness (QED) is 0.792. The van der Waals surface area contributed by atoms with Crippen molar-refractivity contribution in [2.45, 2.75) is 19.1 Å². The van der Waals surface area contributed by atoms with Crippen molar-refractivity contribution in [3.05, 3.63) is 59.9 Å². The lowest BCUT2D eigenvalue weighted by Gasteiger charge is -2.36. The van der Waals surface area contributed by atoms with Crippen LogP contribution in [0.4, 0.5) is 10.1 Å². The molecular formula is C23H26FN3O4. The van der Waals surface area contributed by atoms with Gasteiger partial charge in [-0.05, 0) is 29.8 Å². The first-order valence-electron chi connectivity index (χ1n) is 10.4. The molecule has 1 N–H and O–H groups in total. The van der Waals surface area contributed by atoms with Gasteiger partial charge in [-0.2, -0.15) is 0 Å². The molecule has 1 saturated heterocycles. The Labute approximate surface area is 180 Å². The summed E-state index contributed by atoms with van der Waals surface area (Å²) >= 11 is 0. The van der Waals surface area contributed by atoms with Gasteiger partial charge in [0.2, 0.25) is 5.91 Å². The van der Waals surface area contributed by atoms with Crippen molar-refractivity contribution in [3.63, 3.8) is 0 Å². The topological polar surface area (TPSA) is 71.1 Å². The second-order valence-electron chi connectivity index (χ2n) is 7.66. The highest BCUT2D eigenvalue weighted by molar-refractivity contribution is 5.95. The number of benzene rings is 2. The van der Waals surface area contributed by atoms with E-state index in [0.29, 0.717) is 31.2 Å². The molecule has 0 spiro atoms. The summed E-state index contributed by atoms with van der Waals surface area (Å²) in [6.07, 6.45) is -0.808. The van der Waals surface area contributed by atoms with E-state index >= 15 is 0 Å². The molecule has 0 bridgehead atoms. The third kappa shape index (κ3) is 4.86. The van der Waals surface area contributed by atoms with E-state index in [-0.39, 0.29) is 30.2 Å². The Morgan fingerprint density at radius 1 is 1.13 bits per heavy atom. The normalized spacial score (nSPS) is 19.8. The van der Waals surface area contributed by atoms with Crippen LogP contribution in [0, 0.1) is 5.82 Å². The van der Waals surface area contributed by atoms with E-state index in [2.05, 4.69) is 10.2 Å². The van der Waals surface area contributed by atoms with Gasteiger partial charge in [0.15, 0.2) is 6.10 Å². The van der Waals surface area contributed by atoms with Crippen LogP contribution in [0.15, 0.2) is 48.5 Å². The van der Waals surface area contributed by atoms with E-state index in [1.165, 1.54) is 19.1 Å². The van der Waals surface area contributed by atoms with Gasteiger partial charge in [-0.3, -0.25) is 14.5 Å². The molecule has 2 heterocycles. The van der Waals surface area contributed by atoms with Crippen molar-refractivity contribution in [1.29, 1.82) is 0 Å². The first kappa shape index (κ1) is 21.3. The zero-order chi connectivity index (χ0) is 21.8. The number of fused-ring (bicyclic) bond motifs is 1. The highest BCUT2D eigenvalue weighted by Crippen LogP contribution is 2.33. The Kier molecular flexibility index (Phi) is 6.48. The summed E-state index contributed by atoms with van der Waals surface area (Å²) in [5.41, 5.74) is 1.58. The van der Waals surface area contributed by atoms with Crippen molar-refractivity contribution in [3.8, 4) is 5.75 Å². The third-order valence-electron chi connectivity index (χ3n) is 5.66. The lowest BCUT2D eigenvalue weighted by molar-refractivity contribution is -0.128. The van der Waals surface area contributed by atoms with E-state index in [0.717, 1.165) is 18.7 Å². The largest absolute Gasteiger partial charge is 0.477 e. The first-order valence-corrected chi connectivity index (χ1v) is 10.4. The van der Waals surface area contributed by atoms with Crippen LogP contribution in [-0.4, -0.2) is 62.2 Å². The minimum Gasteiger partial charge on any atom is -0.477 e. The molecule has 2 atom stereocenters. The number of anilines is 1. The minimum absolute atomic E-state index is 0.117. The number of carbonyl (C=O) groups excluding carboxylic acids is 2. The molecule has 0 aliphatic carbocycles. The van der Waals surface area contributed by atoms with Crippen LogP contribution < -0.4 is 15.0 Å². The van der Waals surface area contributed by atoms with Crippen molar-refractivity contribution in [2.24, 2.45) is 0 Å². The Hall–Kier alpha value is -2.97. The Balaban J connectivity index is 1.47. The van der Waals surface area contributed by atoms with Gasteiger partial charge in [-0.15, -0.1) is 0 Å². The van der Waals surface area contributed by atoms with Gasteiger partial charge in [0, 0.05) is 26.6 Å². The number of hydrogen-bond acceptors (Lipinski definition) is 5. The molecular weight excluding hydrogens is 401 g/mol. The van der Waals surface area contributed by atoms with E-state index in [4.69, 9.17) is 9.47 Å². The zero-order valence-corrected chi connectivity index (χ0v) is 17.4. The first-order chi connectivity index (χ1) is 15.0. The molecule has 7 nitrogen and oxygen atoms in total. The number of rotatable bonds is 5. The Morgan fingerprint density at radius 3 is 2.55 bits per heavy atom. The second kappa shape index (κ2) is 9.45. The lowest BCUT2D eigenvalue weighted by atomic mass is 10.0. The number of halogens is 1. The maximum atomic E-state index is 13.4. The summed E-state index contributed by atoms with van der Waals surface area (Å²) in [5.74, 6) is -0.230. The molecule has 31 heavy (non-hydrogen) atoms. The molecule has 2 aliphatic rings. The molecule has 2 amide bonds. The standard InChI is InChI=1S/C23H26FN3O4/c1-16(28)27-15-22(31-21-5-3-2-4-19(21)27)23(29)25-14-20(26-10-12-30-13-11-26)17-6-8-18(24)9-7-17/h2-9,20,22H,10-15H2,1H3,(H,25,29)/t20-,22+/m1/s1. The highest BCUT2D eigenvalue weighted by Gasteiger charge is 2.33. The fourth-order valence-corrected chi connectivity index (χ4v) is 4.01. The van der Waals surface area contributed by atoms with Crippen LogP contribution >= 0.6 is 0 Å². The molecule has 0 radical (unpaired) electrons. The van der Waals surface area contributed by atoms with Crippen LogP contribution in [0.5, 0.6) is 5.75 Å². The molecule has 2 aromatic carbocycles. The number of ether oxygens (including phenoxy) is 2. The molecule has 4 rings (SSSR count). The van der Waals surface area contributed by atoms with Crippen LogP contribution in [0.3, 0.4) is 0 Å². The number of hydrogen-bond donors (Lipinski definition) is 1. The summed E-state index contributed by atoms with van der Waals surface area (Å²) < 4.78 is 24.8. The van der Waals surface area contributed by atoms with Crippen molar-refractivity contribution >= 4 is 17.5 Å². The van der Waals surface area contributed by atoms with Gasteiger partial charge in [0.05, 0.1) is 31.5 Å². The average molecular weight is 427 g/mol. The predicted octanol–water partition coefficient (Wildman–Crippen LogP) is 2.13. The maximum Gasteiger partial charge on any atom is 0.263 e. The number of para-hydroxylation sites is 2. The molecule has 0 unspecified atom stereocenters. The molecule has 164 valence electrons. The van der Waals surface area contributed by atoms with Gasteiger partial charge in [0.25, 0.3) is 5.91 Å². The van der Waals surface area contributed by atoms with Gasteiger partial charge in [-0.1, -0.05) is 24.3 Å². The van der Waals surface area contributed by atoms with Crippen LogP contribution in [-0.2, 0) is 14.3 Å². The highest BCUT2D eigenvalue weighted by atomic mass is 19.1. The molecule has 0 saturated carbocycles. The van der Waals surface area contributed by atoms with E-state index in [1.807, 2.05) is 6.07 Å². The summed E-state index contributed by atoms with van der Waals surface area (Å²) in [7, 11) is 0. The number of nitrogens with one attached hydrogen (secondary N) is 1. The van der Waals surface area contributed by atoms with Crippen LogP contribution in [0.1, 0.15) is 18.5 Å². The lowest BCUT2D eigenvalue weighted by Crippen LogP contribution is -2.52. The fraction of sp³-hybridized carbons (Fsp3) is 0.391. The van der Waals surface area contributed by atoms with Crippen molar-refractivity contribution in [2.75, 3.05) is 44.3 Å². The number of morpholine rings is 1. The van der Waals surface area contributed by atoms with Gasteiger partial charge >= 0.3 is 0 Å². The summed E-state index contributed by atoms with van der Waals surface area (Å²) in [6.45, 7) is 4.64. The molecule has 8 heteroatoms.